The second kappa shape index (κ2) is 6.25. The van der Waals surface area contributed by atoms with Gasteiger partial charge in [-0.25, -0.2) is 0 Å². The van der Waals surface area contributed by atoms with Crippen molar-refractivity contribution in [2.24, 2.45) is 5.92 Å². The van der Waals surface area contributed by atoms with Gasteiger partial charge in [-0.1, -0.05) is 12.1 Å². The van der Waals surface area contributed by atoms with Crippen LogP contribution in [0.5, 0.6) is 5.75 Å². The number of nitriles is 1. The Morgan fingerprint density at radius 2 is 2.25 bits per heavy atom. The lowest BCUT2D eigenvalue weighted by molar-refractivity contribution is 0.192. The summed E-state index contributed by atoms with van der Waals surface area (Å²) in [6, 6.07) is 10.0. The van der Waals surface area contributed by atoms with Gasteiger partial charge in [-0.15, -0.1) is 0 Å². The Morgan fingerprint density at radius 1 is 1.50 bits per heavy atom. The molecule has 0 bridgehead atoms. The van der Waals surface area contributed by atoms with Crippen molar-refractivity contribution < 1.29 is 9.84 Å². The Morgan fingerprint density at radius 3 is 2.80 bits per heavy atom. The summed E-state index contributed by atoms with van der Waals surface area (Å²) in [4.78, 5) is 0. The fourth-order valence-corrected chi connectivity index (χ4v) is 2.46. The first-order valence-corrected chi connectivity index (χ1v) is 7.11. The van der Waals surface area contributed by atoms with Gasteiger partial charge in [-0.2, -0.15) is 5.26 Å². The third kappa shape index (κ3) is 3.50. The number of nitrogens with one attached hydrogen (secondary N) is 1. The second-order valence-corrected chi connectivity index (χ2v) is 5.75. The predicted molar refractivity (Wildman–Crippen MR) is 77.2 cm³/mol. The summed E-state index contributed by atoms with van der Waals surface area (Å²) in [7, 11) is 0. The van der Waals surface area contributed by atoms with Crippen LogP contribution in [0.4, 0.5) is 0 Å². The molecular formula is C16H22N2O2. The van der Waals surface area contributed by atoms with Gasteiger partial charge in [0.2, 0.25) is 0 Å². The van der Waals surface area contributed by atoms with E-state index in [0.717, 1.165) is 18.4 Å². The summed E-state index contributed by atoms with van der Waals surface area (Å²) < 4.78 is 5.81. The average molecular weight is 274 g/mol. The summed E-state index contributed by atoms with van der Waals surface area (Å²) in [5.74, 6) is 1.07. The molecule has 0 aliphatic heterocycles. The molecule has 2 N–H and O–H groups in total. The Labute approximate surface area is 120 Å². The van der Waals surface area contributed by atoms with Gasteiger partial charge in [0.05, 0.1) is 12.7 Å². The number of hydrogen-bond acceptors (Lipinski definition) is 4. The highest BCUT2D eigenvalue weighted by molar-refractivity contribution is 5.29. The topological polar surface area (TPSA) is 65.3 Å². The van der Waals surface area contributed by atoms with Gasteiger partial charge in [0, 0.05) is 6.04 Å². The number of aliphatic hydroxyl groups excluding tert-OH is 1. The van der Waals surface area contributed by atoms with Gasteiger partial charge >= 0.3 is 0 Å². The van der Waals surface area contributed by atoms with Gasteiger partial charge in [0.15, 0.2) is 0 Å². The molecule has 1 aromatic rings. The lowest BCUT2D eigenvalue weighted by atomic mass is 9.95. The molecule has 0 spiro atoms. The fourth-order valence-electron chi connectivity index (χ4n) is 2.46. The van der Waals surface area contributed by atoms with Crippen LogP contribution in [0.3, 0.4) is 0 Å². The second-order valence-electron chi connectivity index (χ2n) is 5.75. The molecule has 1 fully saturated rings. The molecule has 0 aromatic heterocycles. The van der Waals surface area contributed by atoms with Crippen LogP contribution in [0.1, 0.15) is 32.3 Å². The molecule has 20 heavy (non-hydrogen) atoms. The summed E-state index contributed by atoms with van der Waals surface area (Å²) in [5.41, 5.74) is 0.205. The zero-order valence-corrected chi connectivity index (χ0v) is 12.1. The lowest BCUT2D eigenvalue weighted by Gasteiger charge is -2.30. The highest BCUT2D eigenvalue weighted by atomic mass is 16.5. The van der Waals surface area contributed by atoms with Crippen molar-refractivity contribution in [3.8, 4) is 11.8 Å². The van der Waals surface area contributed by atoms with Crippen LogP contribution in [-0.2, 0) is 6.61 Å². The minimum atomic E-state index is -0.608. The number of aliphatic hydroxyl groups is 1. The van der Waals surface area contributed by atoms with Crippen LogP contribution < -0.4 is 10.1 Å². The van der Waals surface area contributed by atoms with E-state index in [1.54, 1.807) is 0 Å². The van der Waals surface area contributed by atoms with Crippen molar-refractivity contribution in [3.05, 3.63) is 29.8 Å². The van der Waals surface area contributed by atoms with E-state index in [2.05, 4.69) is 11.4 Å². The van der Waals surface area contributed by atoms with Crippen LogP contribution in [0.15, 0.2) is 24.3 Å². The maximum Gasteiger partial charge on any atom is 0.144 e. The Kier molecular flexibility index (Phi) is 4.64. The number of ether oxygens (including phenoxy) is 1. The molecule has 1 aromatic carbocycles. The number of hydrogen-bond donors (Lipinski definition) is 2. The maximum atomic E-state index is 9.58. The van der Waals surface area contributed by atoms with Crippen LogP contribution in [0.2, 0.25) is 0 Å². The largest absolute Gasteiger partial charge is 0.491 e. The Bertz CT molecular complexity index is 491. The summed E-state index contributed by atoms with van der Waals surface area (Å²) in [5, 5.41) is 22.1. The normalized spacial score (nSPS) is 17.6. The van der Waals surface area contributed by atoms with E-state index in [0.29, 0.717) is 18.3 Å². The zero-order valence-electron chi connectivity index (χ0n) is 12.1. The van der Waals surface area contributed by atoms with Crippen molar-refractivity contribution in [1.29, 1.82) is 5.26 Å². The van der Waals surface area contributed by atoms with Gasteiger partial charge in [-0.3, -0.25) is 5.32 Å². The number of benzene rings is 1. The van der Waals surface area contributed by atoms with Crippen molar-refractivity contribution in [1.82, 2.24) is 5.32 Å². The molecule has 1 saturated carbocycles. The minimum Gasteiger partial charge on any atom is -0.491 e. The van der Waals surface area contributed by atoms with E-state index in [1.807, 2.05) is 38.1 Å². The summed E-state index contributed by atoms with van der Waals surface area (Å²) in [6.07, 6.45) is 2.15. The van der Waals surface area contributed by atoms with Gasteiger partial charge in [-0.05, 0) is 50.3 Å². The van der Waals surface area contributed by atoms with E-state index in [9.17, 15) is 5.26 Å². The molecule has 2 rings (SSSR count). The quantitative estimate of drug-likeness (QED) is 0.800. The van der Waals surface area contributed by atoms with Crippen molar-refractivity contribution in [2.45, 2.75) is 44.9 Å². The standard InChI is InChI=1S/C16H22N2O2/c1-12(2)18-16(10-17,14-6-7-14)11-20-15-5-3-4-13(8-15)9-19/h3-5,8,12,14,18-19H,6-7,9,11H2,1-2H3. The first-order chi connectivity index (χ1) is 9.59. The van der Waals surface area contributed by atoms with E-state index < -0.39 is 5.54 Å². The number of rotatable bonds is 7. The first-order valence-electron chi connectivity index (χ1n) is 7.11. The molecule has 0 heterocycles. The van der Waals surface area contributed by atoms with E-state index >= 15 is 0 Å². The van der Waals surface area contributed by atoms with E-state index in [-0.39, 0.29) is 12.6 Å². The van der Waals surface area contributed by atoms with Crippen LogP contribution in [0.25, 0.3) is 0 Å². The van der Waals surface area contributed by atoms with Crippen LogP contribution >= 0.6 is 0 Å². The highest BCUT2D eigenvalue weighted by Crippen LogP contribution is 2.40. The van der Waals surface area contributed by atoms with Crippen LogP contribution in [0, 0.1) is 17.2 Å². The third-order valence-corrected chi connectivity index (χ3v) is 3.57. The molecule has 0 amide bonds. The Balaban J connectivity index is 2.06. The molecule has 4 nitrogen and oxygen atoms in total. The van der Waals surface area contributed by atoms with Gasteiger partial charge in [0.1, 0.15) is 17.9 Å². The maximum absolute atomic E-state index is 9.58. The molecule has 1 aliphatic carbocycles. The summed E-state index contributed by atoms with van der Waals surface area (Å²) >= 11 is 0. The van der Waals surface area contributed by atoms with Gasteiger partial charge < -0.3 is 9.84 Å². The van der Waals surface area contributed by atoms with E-state index in [1.165, 1.54) is 0 Å². The monoisotopic (exact) mass is 274 g/mol. The molecular weight excluding hydrogens is 252 g/mol. The lowest BCUT2D eigenvalue weighted by Crippen LogP contribution is -2.53. The van der Waals surface area contributed by atoms with Crippen molar-refractivity contribution in [2.75, 3.05) is 6.61 Å². The molecule has 1 aliphatic rings. The van der Waals surface area contributed by atoms with Crippen LogP contribution in [-0.4, -0.2) is 23.3 Å². The van der Waals surface area contributed by atoms with Crippen molar-refractivity contribution >= 4 is 0 Å². The minimum absolute atomic E-state index is 0.00649. The fraction of sp³-hybridized carbons (Fsp3) is 0.562. The zero-order chi connectivity index (χ0) is 14.6. The Hall–Kier alpha value is -1.57. The SMILES string of the molecule is CC(C)NC(C#N)(COc1cccc(CO)c1)C1CC1. The number of nitrogens with zero attached hydrogens (tertiary/aromatic N) is 1. The molecule has 1 atom stereocenters. The third-order valence-electron chi connectivity index (χ3n) is 3.57. The predicted octanol–water partition coefficient (Wildman–Crippen LogP) is 2.23. The molecule has 0 saturated heterocycles. The molecule has 108 valence electrons. The van der Waals surface area contributed by atoms with Gasteiger partial charge in [0.25, 0.3) is 0 Å². The average Bonchev–Trinajstić information content (AvgIpc) is 3.28. The summed E-state index contributed by atoms with van der Waals surface area (Å²) in [6.45, 7) is 4.41. The van der Waals surface area contributed by atoms with Crippen molar-refractivity contribution in [3.63, 3.8) is 0 Å². The molecule has 4 heteroatoms. The highest BCUT2D eigenvalue weighted by Gasteiger charge is 2.46. The molecule has 1 unspecified atom stereocenters. The smallest absolute Gasteiger partial charge is 0.144 e. The first kappa shape index (κ1) is 14.8. The molecule has 0 radical (unpaired) electrons. The van der Waals surface area contributed by atoms with E-state index in [4.69, 9.17) is 9.84 Å².